The Labute approximate surface area is 178 Å². The van der Waals surface area contributed by atoms with Crippen LogP contribution in [0.1, 0.15) is 21.5 Å². The number of carbonyl (C=O) groups is 1. The van der Waals surface area contributed by atoms with E-state index >= 15 is 0 Å². The Balaban J connectivity index is 1.60. The van der Waals surface area contributed by atoms with Crippen molar-refractivity contribution in [2.24, 2.45) is 0 Å². The molecule has 3 rings (SSSR count). The van der Waals surface area contributed by atoms with Crippen molar-refractivity contribution in [2.75, 3.05) is 19.4 Å². The number of sulfonamides is 1. The zero-order chi connectivity index (χ0) is 21.0. The molecule has 2 aromatic carbocycles. The highest BCUT2D eigenvalue weighted by molar-refractivity contribution is 8.00. The highest BCUT2D eigenvalue weighted by atomic mass is 32.2. The summed E-state index contributed by atoms with van der Waals surface area (Å²) in [6.45, 7) is 2.05. The largest absolute Gasteiger partial charge is 0.296 e. The quantitative estimate of drug-likeness (QED) is 0.438. The lowest BCUT2D eigenvalue weighted by Gasteiger charge is -2.11. The third-order valence-electron chi connectivity index (χ3n) is 4.00. The monoisotopic (exact) mass is 448 g/mol. The standard InChI is InChI=1S/C19H20N4O3S3/c1-13-4-6-14(7-5-13)12-27-19-22-21-18(28-19)20-17(24)15-8-10-16(11-9-15)29(25,26)23(2)3/h4-11H,12H2,1-3H3,(H,20,21,24). The van der Waals surface area contributed by atoms with Gasteiger partial charge in [-0.1, -0.05) is 52.9 Å². The van der Waals surface area contributed by atoms with Crippen molar-refractivity contribution in [1.82, 2.24) is 14.5 Å². The number of rotatable bonds is 7. The van der Waals surface area contributed by atoms with Crippen LogP contribution in [-0.2, 0) is 15.8 Å². The second-order valence-electron chi connectivity index (χ2n) is 6.41. The average Bonchev–Trinajstić information content (AvgIpc) is 3.15. The van der Waals surface area contributed by atoms with E-state index in [0.717, 1.165) is 14.4 Å². The lowest BCUT2D eigenvalue weighted by molar-refractivity contribution is 0.102. The zero-order valence-corrected chi connectivity index (χ0v) is 18.6. The summed E-state index contributed by atoms with van der Waals surface area (Å²) < 4.78 is 26.1. The fraction of sp³-hybridized carbons (Fsp3) is 0.211. The topological polar surface area (TPSA) is 92.3 Å². The molecule has 0 fully saturated rings. The third kappa shape index (κ3) is 5.41. The van der Waals surface area contributed by atoms with E-state index in [-0.39, 0.29) is 10.8 Å². The van der Waals surface area contributed by atoms with Gasteiger partial charge in [0.15, 0.2) is 4.34 Å². The van der Waals surface area contributed by atoms with Gasteiger partial charge in [-0.15, -0.1) is 10.2 Å². The number of hydrogen-bond acceptors (Lipinski definition) is 7. The highest BCUT2D eigenvalue weighted by Crippen LogP contribution is 2.28. The van der Waals surface area contributed by atoms with Crippen LogP contribution in [0.5, 0.6) is 0 Å². The van der Waals surface area contributed by atoms with Crippen LogP contribution in [0.4, 0.5) is 5.13 Å². The van der Waals surface area contributed by atoms with Crippen LogP contribution in [0.2, 0.25) is 0 Å². The van der Waals surface area contributed by atoms with Gasteiger partial charge in [-0.3, -0.25) is 10.1 Å². The van der Waals surface area contributed by atoms with Gasteiger partial charge in [0, 0.05) is 25.4 Å². The first-order valence-corrected chi connectivity index (χ1v) is 11.9. The Morgan fingerprint density at radius 1 is 1.07 bits per heavy atom. The van der Waals surface area contributed by atoms with Gasteiger partial charge in [0.1, 0.15) is 0 Å². The van der Waals surface area contributed by atoms with Crippen LogP contribution < -0.4 is 5.32 Å². The van der Waals surface area contributed by atoms with E-state index in [0.29, 0.717) is 10.7 Å². The van der Waals surface area contributed by atoms with Gasteiger partial charge < -0.3 is 0 Å². The van der Waals surface area contributed by atoms with Gasteiger partial charge >= 0.3 is 0 Å². The number of nitrogens with one attached hydrogen (secondary N) is 1. The number of amides is 1. The fourth-order valence-corrected chi connectivity index (χ4v) is 4.91. The number of nitrogens with zero attached hydrogens (tertiary/aromatic N) is 3. The molecular formula is C19H20N4O3S3. The molecule has 0 spiro atoms. The smallest absolute Gasteiger partial charge is 0.257 e. The van der Waals surface area contributed by atoms with Crippen LogP contribution in [0.15, 0.2) is 57.8 Å². The molecule has 0 atom stereocenters. The minimum Gasteiger partial charge on any atom is -0.296 e. The van der Waals surface area contributed by atoms with E-state index in [1.165, 1.54) is 60.8 Å². The van der Waals surface area contributed by atoms with Crippen LogP contribution >= 0.6 is 23.1 Å². The van der Waals surface area contributed by atoms with E-state index in [2.05, 4.69) is 39.8 Å². The molecule has 1 N–H and O–H groups in total. The molecule has 7 nitrogen and oxygen atoms in total. The number of aryl methyl sites for hydroxylation is 1. The number of benzene rings is 2. The normalized spacial score (nSPS) is 11.6. The lowest BCUT2D eigenvalue weighted by atomic mass is 10.2. The maximum absolute atomic E-state index is 12.4. The molecule has 10 heteroatoms. The van der Waals surface area contributed by atoms with Gasteiger partial charge in [0.05, 0.1) is 4.90 Å². The van der Waals surface area contributed by atoms with Crippen LogP contribution in [-0.4, -0.2) is 42.9 Å². The number of thioether (sulfide) groups is 1. The molecule has 0 saturated carbocycles. The molecule has 0 aliphatic heterocycles. The molecular weight excluding hydrogens is 428 g/mol. The summed E-state index contributed by atoms with van der Waals surface area (Å²) in [6.07, 6.45) is 0. The zero-order valence-electron chi connectivity index (χ0n) is 16.1. The number of anilines is 1. The lowest BCUT2D eigenvalue weighted by Crippen LogP contribution is -2.22. The van der Waals surface area contributed by atoms with E-state index in [4.69, 9.17) is 0 Å². The maximum atomic E-state index is 12.4. The second kappa shape index (κ2) is 9.04. The van der Waals surface area contributed by atoms with Crippen molar-refractivity contribution < 1.29 is 13.2 Å². The van der Waals surface area contributed by atoms with Crippen molar-refractivity contribution in [2.45, 2.75) is 21.9 Å². The molecule has 1 heterocycles. The summed E-state index contributed by atoms with van der Waals surface area (Å²) in [5, 5.41) is 11.2. The molecule has 3 aromatic rings. The Kier molecular flexibility index (Phi) is 6.68. The minimum atomic E-state index is -3.53. The van der Waals surface area contributed by atoms with Gasteiger partial charge in [0.2, 0.25) is 15.2 Å². The van der Waals surface area contributed by atoms with Crippen LogP contribution in [0.3, 0.4) is 0 Å². The van der Waals surface area contributed by atoms with E-state index in [1.54, 1.807) is 11.8 Å². The molecule has 1 amide bonds. The first-order chi connectivity index (χ1) is 13.8. The Hall–Kier alpha value is -2.27. The van der Waals surface area contributed by atoms with Gasteiger partial charge in [0.25, 0.3) is 5.91 Å². The predicted octanol–water partition coefficient (Wildman–Crippen LogP) is 3.64. The SMILES string of the molecule is Cc1ccc(CSc2nnc(NC(=O)c3ccc(S(=O)(=O)N(C)C)cc3)s2)cc1. The molecule has 0 radical (unpaired) electrons. The van der Waals surface area contributed by atoms with Crippen molar-refractivity contribution in [3.8, 4) is 0 Å². The summed E-state index contributed by atoms with van der Waals surface area (Å²) in [7, 11) is -0.612. The van der Waals surface area contributed by atoms with Crippen LogP contribution in [0.25, 0.3) is 0 Å². The fourth-order valence-electron chi connectivity index (χ4n) is 2.31. The van der Waals surface area contributed by atoms with Crippen molar-refractivity contribution in [3.63, 3.8) is 0 Å². The molecule has 29 heavy (non-hydrogen) atoms. The molecule has 0 unspecified atom stereocenters. The van der Waals surface area contributed by atoms with E-state index in [9.17, 15) is 13.2 Å². The third-order valence-corrected chi connectivity index (χ3v) is 7.88. The van der Waals surface area contributed by atoms with Crippen LogP contribution in [0, 0.1) is 6.92 Å². The average molecular weight is 449 g/mol. The second-order valence-corrected chi connectivity index (χ2v) is 10.8. The first kappa shape index (κ1) is 21.4. The van der Waals surface area contributed by atoms with Crippen molar-refractivity contribution in [1.29, 1.82) is 0 Å². The predicted molar refractivity (Wildman–Crippen MR) is 116 cm³/mol. The summed E-state index contributed by atoms with van der Waals surface area (Å²) >= 11 is 2.85. The van der Waals surface area contributed by atoms with Gasteiger partial charge in [-0.25, -0.2) is 12.7 Å². The van der Waals surface area contributed by atoms with E-state index in [1.807, 2.05) is 6.92 Å². The summed E-state index contributed by atoms with van der Waals surface area (Å²) in [5.74, 6) is 0.398. The molecule has 1 aromatic heterocycles. The Morgan fingerprint density at radius 3 is 2.34 bits per heavy atom. The number of carbonyl (C=O) groups excluding carboxylic acids is 1. The molecule has 0 aliphatic rings. The summed E-state index contributed by atoms with van der Waals surface area (Å²) in [6, 6.07) is 14.0. The maximum Gasteiger partial charge on any atom is 0.257 e. The van der Waals surface area contributed by atoms with Gasteiger partial charge in [-0.2, -0.15) is 0 Å². The summed E-state index contributed by atoms with van der Waals surface area (Å²) in [5.41, 5.74) is 2.74. The molecule has 0 aliphatic carbocycles. The minimum absolute atomic E-state index is 0.129. The van der Waals surface area contributed by atoms with E-state index < -0.39 is 10.0 Å². The van der Waals surface area contributed by atoms with Crippen molar-refractivity contribution in [3.05, 3.63) is 65.2 Å². The Bertz CT molecular complexity index is 1090. The first-order valence-electron chi connectivity index (χ1n) is 8.61. The molecule has 0 saturated heterocycles. The highest BCUT2D eigenvalue weighted by Gasteiger charge is 2.18. The Morgan fingerprint density at radius 2 is 1.72 bits per heavy atom. The van der Waals surface area contributed by atoms with Gasteiger partial charge in [-0.05, 0) is 36.8 Å². The van der Waals surface area contributed by atoms with Crippen molar-refractivity contribution >= 4 is 44.2 Å². The molecule has 152 valence electrons. The number of aromatic nitrogens is 2. The summed E-state index contributed by atoms with van der Waals surface area (Å²) in [4.78, 5) is 12.5. The molecule has 0 bridgehead atoms. The number of hydrogen-bond donors (Lipinski definition) is 1.